The maximum atomic E-state index is 12.7. The van der Waals surface area contributed by atoms with Crippen molar-refractivity contribution in [2.75, 3.05) is 13.2 Å². The van der Waals surface area contributed by atoms with E-state index in [-0.39, 0.29) is 31.1 Å². The Morgan fingerprint density at radius 1 is 0.357 bits per heavy atom. The van der Waals surface area contributed by atoms with Gasteiger partial charge in [-0.05, 0) is 44.9 Å². The molecule has 0 aliphatic carbocycles. The number of hydrogen-bond donors (Lipinski definition) is 0. The number of carbonyl (C=O) groups excluding carboxylic acids is 3. The van der Waals surface area contributed by atoms with Gasteiger partial charge in [0.15, 0.2) is 6.10 Å². The molecular weight excluding hydrogens is 697 g/mol. The lowest BCUT2D eigenvalue weighted by molar-refractivity contribution is -0.167. The summed E-state index contributed by atoms with van der Waals surface area (Å²) in [7, 11) is 0. The van der Waals surface area contributed by atoms with E-state index in [9.17, 15) is 14.4 Å². The molecule has 0 saturated carbocycles. The highest BCUT2D eigenvalue weighted by Crippen LogP contribution is 2.15. The minimum atomic E-state index is -0.769. The van der Waals surface area contributed by atoms with Gasteiger partial charge in [0.25, 0.3) is 0 Å². The number of hydrogen-bond acceptors (Lipinski definition) is 6. The third-order valence-electron chi connectivity index (χ3n) is 10.7. The fourth-order valence-corrected chi connectivity index (χ4v) is 7.01. The van der Waals surface area contributed by atoms with E-state index in [4.69, 9.17) is 14.2 Å². The number of allylic oxidation sites excluding steroid dienone is 4. The minimum absolute atomic E-state index is 0.0712. The Bertz CT molecular complexity index is 911. The third kappa shape index (κ3) is 43.0. The minimum Gasteiger partial charge on any atom is -0.462 e. The van der Waals surface area contributed by atoms with Gasteiger partial charge in [0.2, 0.25) is 0 Å². The molecule has 0 amide bonds. The normalized spacial score (nSPS) is 12.1. The molecule has 1 atom stereocenters. The van der Waals surface area contributed by atoms with Gasteiger partial charge in [0.05, 0.1) is 0 Å². The maximum Gasteiger partial charge on any atom is 0.306 e. The molecule has 0 aliphatic rings. The first-order chi connectivity index (χ1) is 27.5. The third-order valence-corrected chi connectivity index (χ3v) is 10.7. The van der Waals surface area contributed by atoms with Crippen LogP contribution in [-0.2, 0) is 28.6 Å². The van der Waals surface area contributed by atoms with Crippen LogP contribution in [0.1, 0.15) is 258 Å². The first-order valence-electron chi connectivity index (χ1n) is 24.3. The van der Waals surface area contributed by atoms with Crippen LogP contribution in [0.15, 0.2) is 24.3 Å². The summed E-state index contributed by atoms with van der Waals surface area (Å²) in [5, 5.41) is 0. The van der Waals surface area contributed by atoms with Gasteiger partial charge in [-0.2, -0.15) is 0 Å². The van der Waals surface area contributed by atoms with E-state index in [1.807, 2.05) is 0 Å². The quantitative estimate of drug-likeness (QED) is 0.0265. The van der Waals surface area contributed by atoms with Crippen molar-refractivity contribution in [1.29, 1.82) is 0 Å². The molecule has 6 nitrogen and oxygen atoms in total. The van der Waals surface area contributed by atoms with Gasteiger partial charge >= 0.3 is 17.9 Å². The van der Waals surface area contributed by atoms with Gasteiger partial charge < -0.3 is 14.2 Å². The zero-order chi connectivity index (χ0) is 40.8. The number of rotatable bonds is 44. The van der Waals surface area contributed by atoms with Crippen molar-refractivity contribution in [3.8, 4) is 0 Å². The predicted molar refractivity (Wildman–Crippen MR) is 238 cm³/mol. The molecular formula is C50H92O6. The van der Waals surface area contributed by atoms with E-state index >= 15 is 0 Å². The van der Waals surface area contributed by atoms with Gasteiger partial charge in [-0.1, -0.05) is 218 Å². The van der Waals surface area contributed by atoms with Gasteiger partial charge in [-0.25, -0.2) is 0 Å². The van der Waals surface area contributed by atoms with E-state index < -0.39 is 6.10 Å². The molecule has 0 aliphatic heterocycles. The highest BCUT2D eigenvalue weighted by Gasteiger charge is 2.19. The number of esters is 3. The van der Waals surface area contributed by atoms with Crippen molar-refractivity contribution in [2.45, 2.75) is 264 Å². The van der Waals surface area contributed by atoms with Crippen molar-refractivity contribution in [3.63, 3.8) is 0 Å². The van der Waals surface area contributed by atoms with E-state index in [1.165, 1.54) is 135 Å². The smallest absolute Gasteiger partial charge is 0.306 e. The van der Waals surface area contributed by atoms with Gasteiger partial charge in [-0.15, -0.1) is 0 Å². The van der Waals surface area contributed by atoms with Crippen molar-refractivity contribution in [2.24, 2.45) is 0 Å². The van der Waals surface area contributed by atoms with E-state index in [2.05, 4.69) is 45.1 Å². The second kappa shape index (κ2) is 45.6. The summed E-state index contributed by atoms with van der Waals surface area (Å²) in [4.78, 5) is 37.8. The molecule has 0 spiro atoms. The fourth-order valence-electron chi connectivity index (χ4n) is 7.01. The van der Waals surface area contributed by atoms with Crippen molar-refractivity contribution < 1.29 is 28.6 Å². The number of unbranched alkanes of at least 4 members (excludes halogenated alkanes) is 29. The Labute approximate surface area is 347 Å². The predicted octanol–water partition coefficient (Wildman–Crippen LogP) is 15.6. The molecule has 0 fully saturated rings. The van der Waals surface area contributed by atoms with Gasteiger partial charge in [0.1, 0.15) is 13.2 Å². The van der Waals surface area contributed by atoms with Crippen LogP contribution in [-0.4, -0.2) is 37.2 Å². The van der Waals surface area contributed by atoms with Crippen LogP contribution in [0.2, 0.25) is 0 Å². The molecule has 6 heteroatoms. The lowest BCUT2D eigenvalue weighted by atomic mass is 10.0. The molecule has 0 bridgehead atoms. The summed E-state index contributed by atoms with van der Waals surface area (Å²) in [5.74, 6) is -0.876. The molecule has 56 heavy (non-hydrogen) atoms. The fraction of sp³-hybridized carbons (Fsp3) is 0.860. The van der Waals surface area contributed by atoms with Crippen LogP contribution < -0.4 is 0 Å². The number of carbonyl (C=O) groups is 3. The van der Waals surface area contributed by atoms with Crippen LogP contribution in [0.25, 0.3) is 0 Å². The second-order valence-electron chi connectivity index (χ2n) is 16.4. The van der Waals surface area contributed by atoms with Gasteiger partial charge in [0, 0.05) is 19.3 Å². The Balaban J connectivity index is 4.36. The molecule has 0 heterocycles. The van der Waals surface area contributed by atoms with Crippen LogP contribution in [0.3, 0.4) is 0 Å². The topological polar surface area (TPSA) is 78.9 Å². The summed E-state index contributed by atoms with van der Waals surface area (Å²) in [6, 6.07) is 0. The molecule has 0 aromatic rings. The largest absolute Gasteiger partial charge is 0.462 e. The number of ether oxygens (including phenoxy) is 3. The Kier molecular flexibility index (Phi) is 43.9. The van der Waals surface area contributed by atoms with Crippen LogP contribution >= 0.6 is 0 Å². The Morgan fingerprint density at radius 3 is 1.05 bits per heavy atom. The molecule has 0 aromatic carbocycles. The van der Waals surface area contributed by atoms with Crippen LogP contribution in [0.4, 0.5) is 0 Å². The zero-order valence-corrected chi connectivity index (χ0v) is 37.4. The second-order valence-corrected chi connectivity index (χ2v) is 16.4. The van der Waals surface area contributed by atoms with E-state index in [0.717, 1.165) is 83.5 Å². The van der Waals surface area contributed by atoms with Crippen LogP contribution in [0.5, 0.6) is 0 Å². The Morgan fingerprint density at radius 2 is 0.679 bits per heavy atom. The summed E-state index contributed by atoms with van der Waals surface area (Å²) in [6.07, 6.45) is 50.1. The molecule has 0 N–H and O–H groups in total. The molecule has 328 valence electrons. The average Bonchev–Trinajstić information content (AvgIpc) is 3.19. The molecule has 0 rings (SSSR count). The molecule has 0 radical (unpaired) electrons. The lowest BCUT2D eigenvalue weighted by Crippen LogP contribution is -2.30. The monoisotopic (exact) mass is 789 g/mol. The Hall–Kier alpha value is -2.11. The summed E-state index contributed by atoms with van der Waals surface area (Å²) < 4.78 is 16.7. The van der Waals surface area contributed by atoms with Gasteiger partial charge in [-0.3, -0.25) is 14.4 Å². The van der Waals surface area contributed by atoms with E-state index in [0.29, 0.717) is 19.3 Å². The highest BCUT2D eigenvalue weighted by molar-refractivity contribution is 5.71. The average molecular weight is 789 g/mol. The van der Waals surface area contributed by atoms with Crippen LogP contribution in [0, 0.1) is 0 Å². The maximum absolute atomic E-state index is 12.7. The SMILES string of the molecule is CCC/C=C\C/C=C\CCCCCCCC(=O)OCC(COC(=O)CCCCCCCCCCCCCC)OC(=O)CCCCCCCCCCCCCCC. The first kappa shape index (κ1) is 53.9. The standard InChI is InChI=1S/C50H92O6/c1-4-7-10-13-16-19-22-25-28-31-34-37-40-43-49(52)55-46-47(45-54-48(51)42-39-36-33-30-27-24-21-18-15-12-9-6-3)56-50(53)44-41-38-35-32-29-26-23-20-17-14-11-8-5-2/h10,13,19,22,47H,4-9,11-12,14-18,20-21,23-46H2,1-3H3/b13-10-,22-19-. The molecule has 0 aromatic heterocycles. The van der Waals surface area contributed by atoms with Crippen molar-refractivity contribution in [3.05, 3.63) is 24.3 Å². The molecule has 0 saturated heterocycles. The van der Waals surface area contributed by atoms with Crippen molar-refractivity contribution in [1.82, 2.24) is 0 Å². The van der Waals surface area contributed by atoms with E-state index in [1.54, 1.807) is 0 Å². The summed E-state index contributed by atoms with van der Waals surface area (Å²) >= 11 is 0. The zero-order valence-electron chi connectivity index (χ0n) is 37.4. The highest BCUT2D eigenvalue weighted by atomic mass is 16.6. The summed E-state index contributed by atoms with van der Waals surface area (Å²) in [5.41, 5.74) is 0. The summed E-state index contributed by atoms with van der Waals surface area (Å²) in [6.45, 7) is 6.57. The van der Waals surface area contributed by atoms with Crippen molar-refractivity contribution >= 4 is 17.9 Å². The first-order valence-corrected chi connectivity index (χ1v) is 24.3. The lowest BCUT2D eigenvalue weighted by Gasteiger charge is -2.18. The molecule has 1 unspecified atom stereocenters.